The van der Waals surface area contributed by atoms with E-state index in [1.165, 1.54) is 32.1 Å². The van der Waals surface area contributed by atoms with Crippen LogP contribution in [-0.4, -0.2) is 75.5 Å². The zero-order valence-corrected chi connectivity index (χ0v) is 36.6. The van der Waals surface area contributed by atoms with Gasteiger partial charge in [-0.15, -0.1) is 0 Å². The number of ether oxygens (including phenoxy) is 4. The molecule has 324 valence electrons. The van der Waals surface area contributed by atoms with Crippen LogP contribution in [0.25, 0.3) is 0 Å². The molecule has 0 spiro atoms. The Balaban J connectivity index is 2.23. The van der Waals surface area contributed by atoms with Crippen molar-refractivity contribution in [1.29, 1.82) is 0 Å². The molecule has 0 N–H and O–H groups in total. The highest BCUT2D eigenvalue weighted by atomic mass is 16.5. The van der Waals surface area contributed by atoms with Crippen LogP contribution in [0.5, 0.6) is 0 Å². The first-order valence-corrected chi connectivity index (χ1v) is 23.3. The van der Waals surface area contributed by atoms with Crippen molar-refractivity contribution in [2.75, 3.05) is 52.7 Å². The number of hydrogen-bond donors (Lipinski definition) is 0. The summed E-state index contributed by atoms with van der Waals surface area (Å²) in [7, 11) is 0. The lowest BCUT2D eigenvalue weighted by Gasteiger charge is -2.26. The van der Waals surface area contributed by atoms with Crippen molar-refractivity contribution < 1.29 is 33.3 Å². The van der Waals surface area contributed by atoms with Gasteiger partial charge in [0.05, 0.1) is 39.0 Å². The van der Waals surface area contributed by atoms with Gasteiger partial charge in [-0.25, -0.2) is 0 Å². The molecule has 0 aromatic carbocycles. The van der Waals surface area contributed by atoms with Crippen LogP contribution in [-0.2, 0) is 33.3 Å². The van der Waals surface area contributed by atoms with E-state index in [2.05, 4.69) is 43.7 Å². The highest BCUT2D eigenvalue weighted by Gasteiger charge is 2.20. The van der Waals surface area contributed by atoms with Crippen LogP contribution in [0.1, 0.15) is 194 Å². The summed E-state index contributed by atoms with van der Waals surface area (Å²) in [5.74, 6) is 0.827. The average Bonchev–Trinajstić information content (AvgIpc) is 3.20. The predicted octanol–water partition coefficient (Wildman–Crippen LogP) is 11.9. The van der Waals surface area contributed by atoms with Gasteiger partial charge < -0.3 is 18.9 Å². The highest BCUT2D eigenvalue weighted by molar-refractivity contribution is 5.72. The fourth-order valence-electron chi connectivity index (χ4n) is 7.36. The van der Waals surface area contributed by atoms with Gasteiger partial charge in [-0.1, -0.05) is 141 Å². The maximum absolute atomic E-state index is 13.2. The fourth-order valence-corrected chi connectivity index (χ4v) is 7.36. The Kier molecular flexibility index (Phi) is 35.2. The van der Waals surface area contributed by atoms with Gasteiger partial charge in [-0.05, 0) is 75.9 Å². The second kappa shape index (κ2) is 38.2. The summed E-state index contributed by atoms with van der Waals surface area (Å²) in [5, 5.41) is 0. The fraction of sp³-hybridized carbons (Fsp3) is 0.854. The number of nitrogens with zero attached hydrogens (tertiary/aromatic N) is 1. The zero-order chi connectivity index (χ0) is 40.7. The van der Waals surface area contributed by atoms with Crippen molar-refractivity contribution in [1.82, 2.24) is 4.90 Å². The molecule has 0 radical (unpaired) electrons. The number of carbonyl (C=O) groups excluding carboxylic acids is 3. The molecule has 0 aromatic rings. The van der Waals surface area contributed by atoms with Crippen molar-refractivity contribution >= 4 is 17.9 Å². The molecule has 8 nitrogen and oxygen atoms in total. The third-order valence-electron chi connectivity index (χ3n) is 11.2. The number of hydrogen-bond acceptors (Lipinski definition) is 8. The van der Waals surface area contributed by atoms with Crippen LogP contribution in [0.4, 0.5) is 0 Å². The lowest BCUT2D eigenvalue weighted by molar-refractivity contribution is -0.149. The largest absolute Gasteiger partial charge is 0.466 e. The minimum Gasteiger partial charge on any atom is -0.466 e. The molecule has 3 unspecified atom stereocenters. The van der Waals surface area contributed by atoms with Gasteiger partial charge in [0, 0.05) is 32.5 Å². The molecule has 1 rings (SSSR count). The summed E-state index contributed by atoms with van der Waals surface area (Å²) in [6, 6.07) is 0. The molecule has 1 saturated heterocycles. The molecular formula is C48H85NO7. The number of unbranched alkanes of at least 4 members (excludes halogenated alkanes) is 14. The van der Waals surface area contributed by atoms with E-state index in [0.717, 1.165) is 161 Å². The van der Waals surface area contributed by atoms with Crippen molar-refractivity contribution in [2.45, 2.75) is 194 Å². The average molecular weight is 788 g/mol. The summed E-state index contributed by atoms with van der Waals surface area (Å²) in [6.07, 6.45) is 29.8. The molecule has 1 aliphatic rings. The van der Waals surface area contributed by atoms with E-state index in [-0.39, 0.29) is 23.8 Å². The summed E-state index contributed by atoms with van der Waals surface area (Å²) in [6.45, 7) is 16.2. The van der Waals surface area contributed by atoms with Crippen molar-refractivity contribution in [3.05, 3.63) is 24.1 Å². The number of allylic oxidation sites excluding steroid dienone is 1. The standard InChI is InChI=1S/C48H85NO7/c1-5-8-26-43(4)33-39-54-46(50)31-23-19-15-11-13-17-21-29-45(48(52)56-38-25-35-49-36-41-53-42-37-49)30-22-18-14-12-16-20-24-32-47(51)55-40-34-44(27-9-6-2)28-10-7-3/h27,43-45H,2,5,7-8,10-26,28-42H2,1,3-4H3. The smallest absolute Gasteiger partial charge is 0.308 e. The van der Waals surface area contributed by atoms with Gasteiger partial charge in [0.25, 0.3) is 0 Å². The number of morpholine rings is 1. The summed E-state index contributed by atoms with van der Waals surface area (Å²) >= 11 is 0. The maximum atomic E-state index is 13.2. The normalized spacial score (nSPS) is 14.6. The van der Waals surface area contributed by atoms with E-state index in [9.17, 15) is 14.4 Å². The molecule has 0 saturated carbocycles. The zero-order valence-electron chi connectivity index (χ0n) is 36.6. The molecule has 1 heterocycles. The minimum absolute atomic E-state index is 0.0114. The van der Waals surface area contributed by atoms with Crippen molar-refractivity contribution in [2.24, 2.45) is 17.8 Å². The van der Waals surface area contributed by atoms with Gasteiger partial charge >= 0.3 is 17.9 Å². The van der Waals surface area contributed by atoms with Gasteiger partial charge in [-0.3, -0.25) is 19.3 Å². The van der Waals surface area contributed by atoms with E-state index in [1.807, 2.05) is 6.08 Å². The van der Waals surface area contributed by atoms with Gasteiger partial charge in [0.15, 0.2) is 0 Å². The van der Waals surface area contributed by atoms with E-state index >= 15 is 0 Å². The Bertz CT molecular complexity index is 1040. The van der Waals surface area contributed by atoms with Crippen molar-refractivity contribution in [3.63, 3.8) is 0 Å². The Morgan fingerprint density at radius 3 is 1.70 bits per heavy atom. The summed E-state index contributed by atoms with van der Waals surface area (Å²) in [5.41, 5.74) is 5.65. The molecule has 0 bridgehead atoms. The second-order valence-corrected chi connectivity index (χ2v) is 16.4. The molecule has 1 fully saturated rings. The summed E-state index contributed by atoms with van der Waals surface area (Å²) < 4.78 is 22.2. The molecule has 1 aliphatic heterocycles. The van der Waals surface area contributed by atoms with Crippen LogP contribution in [0.2, 0.25) is 0 Å². The lowest BCUT2D eigenvalue weighted by Crippen LogP contribution is -2.37. The minimum atomic E-state index is -0.0890. The first kappa shape index (κ1) is 51.6. The topological polar surface area (TPSA) is 91.4 Å². The van der Waals surface area contributed by atoms with Crippen LogP contribution in [0, 0.1) is 17.8 Å². The Morgan fingerprint density at radius 2 is 1.14 bits per heavy atom. The number of carbonyl (C=O) groups is 3. The quantitative estimate of drug-likeness (QED) is 0.0264. The summed E-state index contributed by atoms with van der Waals surface area (Å²) in [4.78, 5) is 39.8. The third kappa shape index (κ3) is 31.7. The van der Waals surface area contributed by atoms with Crippen LogP contribution < -0.4 is 0 Å². The van der Waals surface area contributed by atoms with Crippen LogP contribution >= 0.6 is 0 Å². The Morgan fingerprint density at radius 1 is 0.625 bits per heavy atom. The molecule has 56 heavy (non-hydrogen) atoms. The van der Waals surface area contributed by atoms with E-state index in [4.69, 9.17) is 18.9 Å². The molecule has 8 heteroatoms. The molecule has 0 aromatic heterocycles. The highest BCUT2D eigenvalue weighted by Crippen LogP contribution is 2.22. The molecular weight excluding hydrogens is 703 g/mol. The van der Waals surface area contributed by atoms with Gasteiger partial charge in [-0.2, -0.15) is 0 Å². The van der Waals surface area contributed by atoms with Crippen LogP contribution in [0.3, 0.4) is 0 Å². The Hall–Kier alpha value is -2.37. The first-order chi connectivity index (χ1) is 27.4. The second-order valence-electron chi connectivity index (χ2n) is 16.4. The molecule has 3 atom stereocenters. The van der Waals surface area contributed by atoms with Gasteiger partial charge in [0.2, 0.25) is 0 Å². The van der Waals surface area contributed by atoms with E-state index in [0.29, 0.717) is 44.5 Å². The molecule has 0 amide bonds. The van der Waals surface area contributed by atoms with Crippen LogP contribution in [0.15, 0.2) is 24.1 Å². The monoisotopic (exact) mass is 788 g/mol. The number of rotatable bonds is 38. The SMILES string of the molecule is C=C=C=CC(CCCC)CCOC(=O)CCCCCCCCCC(CCCCCCCCCC(=O)OCCC(C)CCCC)C(=O)OCCCN1CCOCC1. The predicted molar refractivity (Wildman–Crippen MR) is 230 cm³/mol. The van der Waals surface area contributed by atoms with E-state index < -0.39 is 0 Å². The molecule has 0 aliphatic carbocycles. The van der Waals surface area contributed by atoms with E-state index in [1.54, 1.807) is 0 Å². The van der Waals surface area contributed by atoms with Crippen molar-refractivity contribution in [3.8, 4) is 0 Å². The third-order valence-corrected chi connectivity index (χ3v) is 11.2. The first-order valence-electron chi connectivity index (χ1n) is 23.3. The lowest BCUT2D eigenvalue weighted by atomic mass is 9.94. The Labute approximate surface area is 344 Å². The maximum Gasteiger partial charge on any atom is 0.308 e. The van der Waals surface area contributed by atoms with Gasteiger partial charge in [0.1, 0.15) is 0 Å². The number of esters is 3.